The maximum atomic E-state index is 13.3. The van der Waals surface area contributed by atoms with Gasteiger partial charge in [0.25, 0.3) is 0 Å². The molecule has 0 spiro atoms. The molecule has 1 heterocycles. The van der Waals surface area contributed by atoms with Crippen LogP contribution in [0.25, 0.3) is 0 Å². The van der Waals surface area contributed by atoms with Crippen LogP contribution in [-0.4, -0.2) is 4.21 Å². The van der Waals surface area contributed by atoms with E-state index in [2.05, 4.69) is 4.72 Å². The molecule has 0 aliphatic carbocycles. The summed E-state index contributed by atoms with van der Waals surface area (Å²) in [4.78, 5) is 0. The molecule has 1 aromatic carbocycles. The molecule has 1 atom stereocenters. The Labute approximate surface area is 72.4 Å². The highest BCUT2D eigenvalue weighted by Gasteiger charge is 2.20. The summed E-state index contributed by atoms with van der Waals surface area (Å²) < 4.78 is 27.0. The van der Waals surface area contributed by atoms with E-state index >= 15 is 0 Å². The zero-order valence-corrected chi connectivity index (χ0v) is 7.37. The third-order valence-electron chi connectivity index (χ3n) is 1.94. The first-order valence-electron chi connectivity index (χ1n) is 3.61. The highest BCUT2D eigenvalue weighted by Crippen LogP contribution is 2.28. The summed E-state index contributed by atoms with van der Waals surface area (Å²) in [6.45, 7) is 1.71. The van der Waals surface area contributed by atoms with Gasteiger partial charge in [0.2, 0.25) is 0 Å². The van der Waals surface area contributed by atoms with Gasteiger partial charge < -0.3 is 4.72 Å². The summed E-state index contributed by atoms with van der Waals surface area (Å²) in [5, 5.41) is 0. The van der Waals surface area contributed by atoms with Gasteiger partial charge in [-0.25, -0.2) is 8.60 Å². The lowest BCUT2D eigenvalue weighted by Crippen LogP contribution is -1.94. The maximum absolute atomic E-state index is 13.3. The molecule has 0 saturated carbocycles. The van der Waals surface area contributed by atoms with Crippen molar-refractivity contribution in [1.82, 2.24) is 0 Å². The summed E-state index contributed by atoms with van der Waals surface area (Å²) in [7, 11) is -1.13. The second-order valence-electron chi connectivity index (χ2n) is 2.81. The molecule has 0 saturated heterocycles. The standard InChI is InChI=1S/C8H8FNOS/c1-5-2-3-7-6(8(5)9)4-12(11)10-7/h2-3,10H,4H2,1H3. The number of nitrogens with one attached hydrogen (secondary N) is 1. The van der Waals surface area contributed by atoms with E-state index in [4.69, 9.17) is 0 Å². The molecule has 0 bridgehead atoms. The number of fused-ring (bicyclic) bond motifs is 1. The molecule has 1 aliphatic heterocycles. The van der Waals surface area contributed by atoms with E-state index in [1.54, 1.807) is 19.1 Å². The Hall–Kier alpha value is -0.900. The molecule has 1 aromatic rings. The van der Waals surface area contributed by atoms with Gasteiger partial charge in [0.05, 0.1) is 11.4 Å². The van der Waals surface area contributed by atoms with Crippen molar-refractivity contribution in [3.63, 3.8) is 0 Å². The number of hydrogen-bond acceptors (Lipinski definition) is 1. The quantitative estimate of drug-likeness (QED) is 0.655. The highest BCUT2D eigenvalue weighted by molar-refractivity contribution is 7.86. The first-order chi connectivity index (χ1) is 5.68. The molecular weight excluding hydrogens is 177 g/mol. The SMILES string of the molecule is Cc1ccc2c(c1F)CS(=O)N2. The number of anilines is 1. The number of halogens is 1. The molecule has 12 heavy (non-hydrogen) atoms. The average molecular weight is 185 g/mol. The molecular formula is C8H8FNOS. The fourth-order valence-corrected chi connectivity index (χ4v) is 2.32. The van der Waals surface area contributed by atoms with E-state index in [-0.39, 0.29) is 11.6 Å². The second kappa shape index (κ2) is 2.55. The Morgan fingerprint density at radius 2 is 2.33 bits per heavy atom. The monoisotopic (exact) mass is 185 g/mol. The van der Waals surface area contributed by atoms with Gasteiger partial charge in [-0.2, -0.15) is 0 Å². The van der Waals surface area contributed by atoms with Crippen molar-refractivity contribution in [3.8, 4) is 0 Å². The predicted octanol–water partition coefficient (Wildman–Crippen LogP) is 1.72. The Morgan fingerprint density at radius 3 is 3.08 bits per heavy atom. The average Bonchev–Trinajstić information content (AvgIpc) is 2.39. The lowest BCUT2D eigenvalue weighted by atomic mass is 10.1. The molecule has 4 heteroatoms. The van der Waals surface area contributed by atoms with Crippen LogP contribution in [0.1, 0.15) is 11.1 Å². The van der Waals surface area contributed by atoms with Crippen LogP contribution in [0.3, 0.4) is 0 Å². The van der Waals surface area contributed by atoms with Gasteiger partial charge >= 0.3 is 0 Å². The Balaban J connectivity index is 2.61. The van der Waals surface area contributed by atoms with Gasteiger partial charge in [-0.05, 0) is 18.6 Å². The van der Waals surface area contributed by atoms with Crippen LogP contribution in [0.5, 0.6) is 0 Å². The second-order valence-corrected chi connectivity index (χ2v) is 4.00. The largest absolute Gasteiger partial charge is 0.304 e. The van der Waals surface area contributed by atoms with Gasteiger partial charge in [0.1, 0.15) is 16.8 Å². The topological polar surface area (TPSA) is 29.1 Å². The van der Waals surface area contributed by atoms with Crippen LogP contribution in [0.15, 0.2) is 12.1 Å². The number of aryl methyl sites for hydroxylation is 1. The lowest BCUT2D eigenvalue weighted by Gasteiger charge is -2.00. The van der Waals surface area contributed by atoms with Crippen molar-refractivity contribution in [2.45, 2.75) is 12.7 Å². The molecule has 2 rings (SSSR count). The van der Waals surface area contributed by atoms with Crippen LogP contribution >= 0.6 is 0 Å². The van der Waals surface area contributed by atoms with E-state index in [0.29, 0.717) is 16.8 Å². The van der Waals surface area contributed by atoms with Crippen molar-refractivity contribution in [2.75, 3.05) is 4.72 Å². The molecule has 0 radical (unpaired) electrons. The molecule has 64 valence electrons. The normalized spacial score (nSPS) is 20.3. The molecule has 1 aliphatic rings. The number of hydrogen-bond donors (Lipinski definition) is 1. The summed E-state index contributed by atoms with van der Waals surface area (Å²) in [5.74, 6) is 0.0499. The minimum Gasteiger partial charge on any atom is -0.304 e. The molecule has 2 nitrogen and oxygen atoms in total. The van der Waals surface area contributed by atoms with Crippen LogP contribution in [0.4, 0.5) is 10.1 Å². The maximum Gasteiger partial charge on any atom is 0.132 e. The molecule has 0 amide bonds. The smallest absolute Gasteiger partial charge is 0.132 e. The van der Waals surface area contributed by atoms with E-state index in [0.717, 1.165) is 0 Å². The van der Waals surface area contributed by atoms with Crippen LogP contribution < -0.4 is 4.72 Å². The van der Waals surface area contributed by atoms with E-state index in [9.17, 15) is 8.60 Å². The molecule has 0 aromatic heterocycles. The predicted molar refractivity (Wildman–Crippen MR) is 46.6 cm³/mol. The molecule has 1 N–H and O–H groups in total. The third kappa shape index (κ3) is 1.03. The Morgan fingerprint density at radius 1 is 1.58 bits per heavy atom. The Bertz CT molecular complexity index is 364. The molecule has 1 unspecified atom stereocenters. The minimum atomic E-state index is -1.13. The van der Waals surface area contributed by atoms with Crippen molar-refractivity contribution in [3.05, 3.63) is 29.1 Å². The van der Waals surface area contributed by atoms with Crippen LogP contribution in [0.2, 0.25) is 0 Å². The van der Waals surface area contributed by atoms with Gasteiger partial charge in [-0.1, -0.05) is 6.07 Å². The molecule has 0 fully saturated rings. The summed E-state index contributed by atoms with van der Waals surface area (Å²) in [6.07, 6.45) is 0. The van der Waals surface area contributed by atoms with E-state index < -0.39 is 11.0 Å². The van der Waals surface area contributed by atoms with Gasteiger partial charge in [-0.15, -0.1) is 0 Å². The number of rotatable bonds is 0. The van der Waals surface area contributed by atoms with Gasteiger partial charge in [0.15, 0.2) is 0 Å². The van der Waals surface area contributed by atoms with Gasteiger partial charge in [0, 0.05) is 5.56 Å². The van der Waals surface area contributed by atoms with Crippen molar-refractivity contribution < 1.29 is 8.60 Å². The zero-order chi connectivity index (χ0) is 8.72. The summed E-state index contributed by atoms with van der Waals surface area (Å²) in [6, 6.07) is 3.45. The van der Waals surface area contributed by atoms with Crippen LogP contribution in [0, 0.1) is 12.7 Å². The van der Waals surface area contributed by atoms with E-state index in [1.807, 2.05) is 0 Å². The number of benzene rings is 1. The van der Waals surface area contributed by atoms with Crippen molar-refractivity contribution >= 4 is 16.7 Å². The highest BCUT2D eigenvalue weighted by atomic mass is 32.2. The van der Waals surface area contributed by atoms with Gasteiger partial charge in [-0.3, -0.25) is 0 Å². The lowest BCUT2D eigenvalue weighted by molar-refractivity contribution is 0.609. The minimum absolute atomic E-state index is 0.231. The summed E-state index contributed by atoms with van der Waals surface area (Å²) in [5.41, 5.74) is 1.82. The van der Waals surface area contributed by atoms with Crippen molar-refractivity contribution in [2.24, 2.45) is 0 Å². The van der Waals surface area contributed by atoms with Crippen molar-refractivity contribution in [1.29, 1.82) is 0 Å². The summed E-state index contributed by atoms with van der Waals surface area (Å²) >= 11 is 0. The Kier molecular flexibility index (Phi) is 1.65. The third-order valence-corrected chi connectivity index (χ3v) is 2.93. The van der Waals surface area contributed by atoms with E-state index in [1.165, 1.54) is 0 Å². The first-order valence-corrected chi connectivity index (χ1v) is 4.93. The fourth-order valence-electron chi connectivity index (χ4n) is 1.26. The zero-order valence-electron chi connectivity index (χ0n) is 6.56. The van der Waals surface area contributed by atoms with Crippen LogP contribution in [-0.2, 0) is 16.7 Å². The first kappa shape index (κ1) is 7.73. The fraction of sp³-hybridized carbons (Fsp3) is 0.250.